The van der Waals surface area contributed by atoms with Crippen LogP contribution in [0.15, 0.2) is 41.1 Å². The molecule has 0 fully saturated rings. The molecule has 2 aromatic rings. The number of hydrogen-bond acceptors (Lipinski definition) is 3. The van der Waals surface area contributed by atoms with E-state index in [1.165, 1.54) is 0 Å². The maximum absolute atomic E-state index is 12.4. The topological polar surface area (TPSA) is 39.2 Å². The molecule has 0 saturated heterocycles. The lowest BCUT2D eigenvalue weighted by Gasteiger charge is -2.06. The van der Waals surface area contributed by atoms with Crippen LogP contribution in [0.4, 0.5) is 0 Å². The minimum atomic E-state index is -0.0629. The van der Waals surface area contributed by atoms with Gasteiger partial charge in [0.25, 0.3) is 0 Å². The summed E-state index contributed by atoms with van der Waals surface area (Å²) in [6.45, 7) is 0. The number of aromatic nitrogens is 1. The van der Waals surface area contributed by atoms with Crippen molar-refractivity contribution in [1.82, 2.24) is 4.98 Å². The van der Waals surface area contributed by atoms with Crippen molar-refractivity contribution < 1.29 is 9.53 Å². The number of halogens is 2. The molecule has 5 heteroatoms. The zero-order valence-corrected chi connectivity index (χ0v) is 13.2. The Hall–Kier alpha value is -0.950. The normalized spacial score (nSPS) is 10.2. The number of carbonyl (C=O) groups is 1. The van der Waals surface area contributed by atoms with Crippen molar-refractivity contribution in [1.29, 1.82) is 0 Å². The molecular weight excluding hydrogens is 409 g/mol. The molecule has 0 radical (unpaired) electrons. The molecular formula is C13H9BrINO2. The summed E-state index contributed by atoms with van der Waals surface area (Å²) < 4.78 is 6.85. The molecule has 2 rings (SSSR count). The number of ketones is 1. The minimum absolute atomic E-state index is 0.0629. The number of ether oxygens (including phenoxy) is 1. The van der Waals surface area contributed by atoms with Crippen LogP contribution in [-0.2, 0) is 0 Å². The van der Waals surface area contributed by atoms with Crippen LogP contribution in [0.25, 0.3) is 0 Å². The molecule has 0 aliphatic rings. The van der Waals surface area contributed by atoms with Crippen LogP contribution in [0.5, 0.6) is 5.75 Å². The third-order valence-electron chi connectivity index (χ3n) is 2.38. The average Bonchev–Trinajstić information content (AvgIpc) is 2.41. The molecule has 0 N–H and O–H groups in total. The predicted octanol–water partition coefficient (Wildman–Crippen LogP) is 3.69. The molecule has 0 atom stereocenters. The Morgan fingerprint density at radius 2 is 2.11 bits per heavy atom. The summed E-state index contributed by atoms with van der Waals surface area (Å²) in [7, 11) is 1.55. The van der Waals surface area contributed by atoms with Gasteiger partial charge in [0.2, 0.25) is 0 Å². The van der Waals surface area contributed by atoms with Crippen LogP contribution >= 0.6 is 38.5 Å². The monoisotopic (exact) mass is 417 g/mol. The van der Waals surface area contributed by atoms with E-state index in [2.05, 4.69) is 43.5 Å². The second kappa shape index (κ2) is 5.79. The fourth-order valence-electron chi connectivity index (χ4n) is 1.48. The van der Waals surface area contributed by atoms with E-state index in [1.54, 1.807) is 25.6 Å². The fraction of sp³-hybridized carbons (Fsp3) is 0.0769. The lowest BCUT2D eigenvalue weighted by molar-refractivity contribution is 0.103. The highest BCUT2D eigenvalue weighted by atomic mass is 127. The van der Waals surface area contributed by atoms with Gasteiger partial charge in [-0.25, -0.2) is 0 Å². The molecule has 1 aromatic heterocycles. The highest BCUT2D eigenvalue weighted by Crippen LogP contribution is 2.22. The molecule has 0 aliphatic heterocycles. The van der Waals surface area contributed by atoms with Gasteiger partial charge >= 0.3 is 0 Å². The first-order valence-electron chi connectivity index (χ1n) is 5.10. The van der Waals surface area contributed by atoms with E-state index in [1.807, 2.05) is 18.2 Å². The first-order valence-corrected chi connectivity index (χ1v) is 6.98. The quantitative estimate of drug-likeness (QED) is 0.564. The van der Waals surface area contributed by atoms with E-state index in [-0.39, 0.29) is 5.78 Å². The minimum Gasteiger partial charge on any atom is -0.495 e. The Morgan fingerprint density at radius 3 is 2.83 bits per heavy atom. The number of benzene rings is 1. The van der Waals surface area contributed by atoms with Crippen LogP contribution < -0.4 is 4.74 Å². The van der Waals surface area contributed by atoms with Crippen LogP contribution in [0, 0.1) is 3.57 Å². The van der Waals surface area contributed by atoms with Crippen LogP contribution in [0.3, 0.4) is 0 Å². The number of methoxy groups -OCH3 is 1. The van der Waals surface area contributed by atoms with Gasteiger partial charge in [0.1, 0.15) is 5.75 Å². The second-order valence-corrected chi connectivity index (χ2v) is 5.64. The molecule has 1 heterocycles. The highest BCUT2D eigenvalue weighted by Gasteiger charge is 2.14. The summed E-state index contributed by atoms with van der Waals surface area (Å²) in [6.07, 6.45) is 3.12. The summed E-state index contributed by atoms with van der Waals surface area (Å²) in [5.74, 6) is 0.512. The molecule has 18 heavy (non-hydrogen) atoms. The van der Waals surface area contributed by atoms with Gasteiger partial charge in [-0.1, -0.05) is 15.9 Å². The summed E-state index contributed by atoms with van der Waals surface area (Å²) >= 11 is 5.51. The van der Waals surface area contributed by atoms with Gasteiger partial charge in [-0.05, 0) is 46.9 Å². The molecule has 0 amide bonds. The Morgan fingerprint density at radius 1 is 1.33 bits per heavy atom. The molecule has 0 saturated carbocycles. The number of pyridine rings is 1. The van der Waals surface area contributed by atoms with Crippen molar-refractivity contribution in [2.75, 3.05) is 7.11 Å². The highest BCUT2D eigenvalue weighted by molar-refractivity contribution is 14.1. The van der Waals surface area contributed by atoms with Gasteiger partial charge in [0.15, 0.2) is 5.78 Å². The van der Waals surface area contributed by atoms with Gasteiger partial charge in [-0.3, -0.25) is 9.78 Å². The number of carbonyl (C=O) groups excluding carboxylic acids is 1. The standard InChI is InChI=1S/C13H9BrINO2/c1-18-10-4-8(6-16-7-10)13(17)11-5-9(14)2-3-12(11)15/h2-7H,1H3. The lowest BCUT2D eigenvalue weighted by Crippen LogP contribution is -2.04. The van der Waals surface area contributed by atoms with Crippen molar-refractivity contribution in [3.8, 4) is 5.75 Å². The van der Waals surface area contributed by atoms with E-state index in [0.717, 1.165) is 8.04 Å². The number of rotatable bonds is 3. The van der Waals surface area contributed by atoms with E-state index in [4.69, 9.17) is 4.74 Å². The maximum Gasteiger partial charge on any atom is 0.195 e. The molecule has 1 aromatic carbocycles. The Bertz CT molecular complexity index is 601. The molecule has 0 spiro atoms. The Labute approximate surface area is 127 Å². The summed E-state index contributed by atoms with van der Waals surface area (Å²) in [6, 6.07) is 7.30. The number of nitrogens with zero attached hydrogens (tertiary/aromatic N) is 1. The summed E-state index contributed by atoms with van der Waals surface area (Å²) in [4.78, 5) is 16.4. The van der Waals surface area contributed by atoms with E-state index in [0.29, 0.717) is 16.9 Å². The van der Waals surface area contributed by atoms with Crippen LogP contribution in [0.1, 0.15) is 15.9 Å². The fourth-order valence-corrected chi connectivity index (χ4v) is 2.42. The van der Waals surface area contributed by atoms with Gasteiger partial charge < -0.3 is 4.74 Å². The summed E-state index contributed by atoms with van der Waals surface area (Å²) in [5.41, 5.74) is 1.17. The van der Waals surface area contributed by atoms with Gasteiger partial charge in [0, 0.05) is 25.4 Å². The third kappa shape index (κ3) is 2.89. The second-order valence-electron chi connectivity index (χ2n) is 3.57. The first kappa shape index (κ1) is 13.5. The Balaban J connectivity index is 2.44. The zero-order valence-electron chi connectivity index (χ0n) is 9.48. The van der Waals surface area contributed by atoms with E-state index < -0.39 is 0 Å². The predicted molar refractivity (Wildman–Crippen MR) is 81.1 cm³/mol. The maximum atomic E-state index is 12.4. The molecule has 0 aliphatic carbocycles. The Kier molecular flexibility index (Phi) is 4.34. The van der Waals surface area contributed by atoms with Crippen molar-refractivity contribution in [2.24, 2.45) is 0 Å². The molecule has 0 unspecified atom stereocenters. The van der Waals surface area contributed by atoms with Crippen LogP contribution in [0.2, 0.25) is 0 Å². The van der Waals surface area contributed by atoms with Gasteiger partial charge in [-0.2, -0.15) is 0 Å². The average molecular weight is 418 g/mol. The summed E-state index contributed by atoms with van der Waals surface area (Å²) in [5, 5.41) is 0. The third-order valence-corrected chi connectivity index (χ3v) is 3.82. The lowest BCUT2D eigenvalue weighted by atomic mass is 10.1. The largest absolute Gasteiger partial charge is 0.495 e. The SMILES string of the molecule is COc1cncc(C(=O)c2cc(Br)ccc2I)c1. The van der Waals surface area contributed by atoms with Crippen LogP contribution in [-0.4, -0.2) is 17.9 Å². The first-order chi connectivity index (χ1) is 8.61. The van der Waals surface area contributed by atoms with Crippen molar-refractivity contribution in [3.63, 3.8) is 0 Å². The van der Waals surface area contributed by atoms with Crippen molar-refractivity contribution in [2.45, 2.75) is 0 Å². The zero-order chi connectivity index (χ0) is 13.1. The van der Waals surface area contributed by atoms with E-state index in [9.17, 15) is 4.79 Å². The number of hydrogen-bond donors (Lipinski definition) is 0. The molecule has 3 nitrogen and oxygen atoms in total. The van der Waals surface area contributed by atoms with Gasteiger partial charge in [0.05, 0.1) is 13.3 Å². The molecule has 92 valence electrons. The van der Waals surface area contributed by atoms with Gasteiger partial charge in [-0.15, -0.1) is 0 Å². The molecule has 0 bridgehead atoms. The van der Waals surface area contributed by atoms with E-state index >= 15 is 0 Å². The van der Waals surface area contributed by atoms with Crippen molar-refractivity contribution in [3.05, 3.63) is 55.8 Å². The van der Waals surface area contributed by atoms with Crippen molar-refractivity contribution >= 4 is 44.3 Å². The smallest absolute Gasteiger partial charge is 0.195 e.